The van der Waals surface area contributed by atoms with Gasteiger partial charge in [0, 0.05) is 5.41 Å². The van der Waals surface area contributed by atoms with Crippen LogP contribution in [0.15, 0.2) is 30.3 Å². The molecule has 0 spiro atoms. The first kappa shape index (κ1) is 13.1. The van der Waals surface area contributed by atoms with Crippen molar-refractivity contribution in [3.05, 3.63) is 35.9 Å². The smallest absolute Gasteiger partial charge is 0.109 e. The molecule has 1 N–H and O–H groups in total. The molecule has 0 aliphatic carbocycles. The lowest BCUT2D eigenvalue weighted by atomic mass is 9.95. The van der Waals surface area contributed by atoms with Crippen LogP contribution >= 0.6 is 12.2 Å². The van der Waals surface area contributed by atoms with E-state index in [0.29, 0.717) is 4.99 Å². The first-order chi connectivity index (χ1) is 7.34. The molecule has 0 fully saturated rings. The summed E-state index contributed by atoms with van der Waals surface area (Å²) < 4.78 is 0. The number of nitrogens with zero attached hydrogens (tertiary/aromatic N) is 1. The second kappa shape index (κ2) is 4.93. The highest BCUT2D eigenvalue weighted by Gasteiger charge is 2.26. The Hall–Kier alpha value is -0.930. The molecule has 1 unspecified atom stereocenters. The van der Waals surface area contributed by atoms with Gasteiger partial charge < -0.3 is 0 Å². The minimum absolute atomic E-state index is 0.118. The van der Waals surface area contributed by atoms with E-state index in [-0.39, 0.29) is 11.5 Å². The Labute approximate surface area is 103 Å². The Morgan fingerprint density at radius 3 is 2.19 bits per heavy atom. The molecule has 0 amide bonds. The Balaban J connectivity index is 2.83. The van der Waals surface area contributed by atoms with Crippen LogP contribution in [0.2, 0.25) is 0 Å². The summed E-state index contributed by atoms with van der Waals surface area (Å²) >= 11 is 5.27. The van der Waals surface area contributed by atoms with Gasteiger partial charge in [-0.05, 0) is 12.5 Å². The van der Waals surface area contributed by atoms with Gasteiger partial charge in [-0.1, -0.05) is 63.3 Å². The average molecular weight is 237 g/mol. The van der Waals surface area contributed by atoms with E-state index in [1.807, 2.05) is 58.0 Å². The molecular weight excluding hydrogens is 218 g/mol. The molecule has 88 valence electrons. The van der Waals surface area contributed by atoms with Crippen molar-refractivity contribution in [2.24, 2.45) is 5.41 Å². The minimum Gasteiger partial charge on any atom is -0.287 e. The fourth-order valence-corrected chi connectivity index (χ4v) is 1.55. The highest BCUT2D eigenvalue weighted by Crippen LogP contribution is 2.25. The Morgan fingerprint density at radius 1 is 1.25 bits per heavy atom. The summed E-state index contributed by atoms with van der Waals surface area (Å²) in [6, 6.07) is 9.73. The number of thiocarbonyl (C=S) groups is 1. The maximum Gasteiger partial charge on any atom is 0.109 e. The van der Waals surface area contributed by atoms with Gasteiger partial charge in [0.25, 0.3) is 0 Å². The van der Waals surface area contributed by atoms with Crippen LogP contribution in [-0.4, -0.2) is 15.3 Å². The molecule has 0 saturated carbocycles. The molecule has 1 rings (SSSR count). The molecule has 3 heteroatoms. The summed E-state index contributed by atoms with van der Waals surface area (Å²) in [6.07, 6.45) is 0. The van der Waals surface area contributed by atoms with Crippen LogP contribution in [0.25, 0.3) is 0 Å². The zero-order valence-electron chi connectivity index (χ0n) is 10.3. The summed E-state index contributed by atoms with van der Waals surface area (Å²) in [5.74, 6) is 0. The molecule has 0 heterocycles. The number of hydroxylamine groups is 2. The van der Waals surface area contributed by atoms with Gasteiger partial charge in [0.05, 0.1) is 6.04 Å². The monoisotopic (exact) mass is 237 g/mol. The Morgan fingerprint density at radius 2 is 1.75 bits per heavy atom. The predicted octanol–water partition coefficient (Wildman–Crippen LogP) is 3.81. The lowest BCUT2D eigenvalue weighted by molar-refractivity contribution is -0.0538. The van der Waals surface area contributed by atoms with Crippen molar-refractivity contribution in [1.82, 2.24) is 5.06 Å². The maximum absolute atomic E-state index is 10.1. The molecule has 2 nitrogen and oxygen atoms in total. The van der Waals surface area contributed by atoms with Crippen LogP contribution in [0, 0.1) is 5.41 Å². The van der Waals surface area contributed by atoms with Crippen molar-refractivity contribution in [3.8, 4) is 0 Å². The lowest BCUT2D eigenvalue weighted by Gasteiger charge is -2.32. The number of benzene rings is 1. The molecule has 1 atom stereocenters. The molecule has 0 aliphatic heterocycles. The third-order valence-corrected chi connectivity index (χ3v) is 3.30. The molecule has 0 aliphatic rings. The van der Waals surface area contributed by atoms with E-state index in [1.165, 1.54) is 5.06 Å². The summed E-state index contributed by atoms with van der Waals surface area (Å²) in [4.78, 5) is 0.559. The largest absolute Gasteiger partial charge is 0.287 e. The van der Waals surface area contributed by atoms with Crippen molar-refractivity contribution in [2.45, 2.75) is 33.7 Å². The molecule has 0 saturated heterocycles. The molecule has 0 aromatic heterocycles. The van der Waals surface area contributed by atoms with E-state index in [1.54, 1.807) is 0 Å². The molecule has 0 radical (unpaired) electrons. The highest BCUT2D eigenvalue weighted by atomic mass is 32.1. The molecule has 1 aromatic rings. The molecule has 0 bridgehead atoms. The normalized spacial score (nSPS) is 13.3. The second-order valence-electron chi connectivity index (χ2n) is 4.99. The first-order valence-electron chi connectivity index (χ1n) is 5.41. The molecular formula is C13H19NOS. The Bertz CT molecular complexity index is 356. The number of rotatable bonds is 2. The maximum atomic E-state index is 10.1. The van der Waals surface area contributed by atoms with E-state index in [9.17, 15) is 5.21 Å². The molecule has 1 aromatic carbocycles. The highest BCUT2D eigenvalue weighted by molar-refractivity contribution is 7.80. The van der Waals surface area contributed by atoms with Gasteiger partial charge in [0.15, 0.2) is 0 Å². The van der Waals surface area contributed by atoms with Crippen LogP contribution in [-0.2, 0) is 0 Å². The third-order valence-electron chi connectivity index (χ3n) is 2.50. The van der Waals surface area contributed by atoms with Gasteiger partial charge in [0.2, 0.25) is 0 Å². The zero-order valence-corrected chi connectivity index (χ0v) is 11.1. The second-order valence-corrected chi connectivity index (χ2v) is 5.37. The van der Waals surface area contributed by atoms with Gasteiger partial charge >= 0.3 is 0 Å². The third kappa shape index (κ3) is 3.03. The van der Waals surface area contributed by atoms with E-state index >= 15 is 0 Å². The lowest BCUT2D eigenvalue weighted by Crippen LogP contribution is -2.37. The van der Waals surface area contributed by atoms with E-state index in [2.05, 4.69) is 0 Å². The molecule has 16 heavy (non-hydrogen) atoms. The van der Waals surface area contributed by atoms with Gasteiger partial charge in [-0.15, -0.1) is 0 Å². The quantitative estimate of drug-likeness (QED) is 0.625. The number of hydrogen-bond donors (Lipinski definition) is 1. The van der Waals surface area contributed by atoms with Crippen LogP contribution < -0.4 is 0 Å². The summed E-state index contributed by atoms with van der Waals surface area (Å²) in [5.41, 5.74) is 0.851. The summed E-state index contributed by atoms with van der Waals surface area (Å²) in [6.45, 7) is 7.93. The van der Waals surface area contributed by atoms with Crippen LogP contribution in [0.3, 0.4) is 0 Å². The number of hydrogen-bond acceptors (Lipinski definition) is 2. The van der Waals surface area contributed by atoms with Crippen molar-refractivity contribution in [1.29, 1.82) is 0 Å². The first-order valence-corrected chi connectivity index (χ1v) is 5.82. The zero-order chi connectivity index (χ0) is 12.3. The van der Waals surface area contributed by atoms with Gasteiger partial charge in [0.1, 0.15) is 4.99 Å². The Kier molecular flexibility index (Phi) is 4.05. The minimum atomic E-state index is -0.201. The predicted molar refractivity (Wildman–Crippen MR) is 70.5 cm³/mol. The summed E-state index contributed by atoms with van der Waals surface area (Å²) in [5, 5.41) is 11.3. The van der Waals surface area contributed by atoms with Crippen LogP contribution in [0.5, 0.6) is 0 Å². The van der Waals surface area contributed by atoms with Gasteiger partial charge in [-0.3, -0.25) is 5.21 Å². The summed E-state index contributed by atoms with van der Waals surface area (Å²) in [7, 11) is 0. The van der Waals surface area contributed by atoms with Crippen LogP contribution in [0.1, 0.15) is 39.3 Å². The average Bonchev–Trinajstić information content (AvgIpc) is 2.26. The van der Waals surface area contributed by atoms with Crippen molar-refractivity contribution in [3.63, 3.8) is 0 Å². The fourth-order valence-electron chi connectivity index (χ4n) is 1.39. The van der Waals surface area contributed by atoms with Crippen molar-refractivity contribution < 1.29 is 5.21 Å². The van der Waals surface area contributed by atoms with E-state index in [0.717, 1.165) is 5.56 Å². The fraction of sp³-hybridized carbons (Fsp3) is 0.462. The van der Waals surface area contributed by atoms with Gasteiger partial charge in [-0.25, -0.2) is 5.06 Å². The van der Waals surface area contributed by atoms with Crippen LogP contribution in [0.4, 0.5) is 0 Å². The SMILES string of the molecule is CC(c1ccccc1)N(O)C(=S)C(C)(C)C. The van der Waals surface area contributed by atoms with Crippen molar-refractivity contribution in [2.75, 3.05) is 0 Å². The van der Waals surface area contributed by atoms with Gasteiger partial charge in [-0.2, -0.15) is 0 Å². The van der Waals surface area contributed by atoms with E-state index in [4.69, 9.17) is 12.2 Å². The standard InChI is InChI=1S/C13H19NOS/c1-10(11-8-6-5-7-9-11)14(15)12(16)13(2,3)4/h5-10,15H,1-4H3. The van der Waals surface area contributed by atoms with E-state index < -0.39 is 0 Å². The topological polar surface area (TPSA) is 23.5 Å². The van der Waals surface area contributed by atoms with Crippen molar-refractivity contribution >= 4 is 17.2 Å².